The highest BCUT2D eigenvalue weighted by atomic mass is 16.3. The molecule has 2 atom stereocenters. The summed E-state index contributed by atoms with van der Waals surface area (Å²) in [7, 11) is 0. The van der Waals surface area contributed by atoms with E-state index in [-0.39, 0.29) is 0 Å². The quantitative estimate of drug-likeness (QED) is 0.809. The van der Waals surface area contributed by atoms with Gasteiger partial charge in [-0.15, -0.1) is 0 Å². The van der Waals surface area contributed by atoms with E-state index in [0.717, 1.165) is 55.2 Å². The van der Waals surface area contributed by atoms with Crippen molar-refractivity contribution in [1.82, 2.24) is 15.2 Å². The second-order valence-corrected chi connectivity index (χ2v) is 4.80. The fourth-order valence-electron chi connectivity index (χ4n) is 2.80. The van der Waals surface area contributed by atoms with E-state index >= 15 is 0 Å². The van der Waals surface area contributed by atoms with Crippen molar-refractivity contribution in [1.29, 1.82) is 0 Å². The third-order valence-electron chi connectivity index (χ3n) is 3.78. The molecule has 1 aromatic rings. The maximum absolute atomic E-state index is 5.39. The van der Waals surface area contributed by atoms with Gasteiger partial charge in [0.15, 0.2) is 12.2 Å². The monoisotopic (exact) mass is 219 g/mol. The molecule has 0 aromatic carbocycles. The van der Waals surface area contributed by atoms with E-state index in [1.807, 2.05) is 6.92 Å². The Bertz CT molecular complexity index is 400. The van der Waals surface area contributed by atoms with Crippen molar-refractivity contribution >= 4 is 5.70 Å². The lowest BCUT2D eigenvalue weighted by molar-refractivity contribution is 0.425. The highest BCUT2D eigenvalue weighted by Crippen LogP contribution is 2.32. The van der Waals surface area contributed by atoms with Gasteiger partial charge in [-0.2, -0.15) is 0 Å². The zero-order chi connectivity index (χ0) is 11.1. The smallest absolute Gasteiger partial charge is 0.181 e. The van der Waals surface area contributed by atoms with Crippen LogP contribution < -0.4 is 5.32 Å². The van der Waals surface area contributed by atoms with Crippen LogP contribution in [-0.2, 0) is 0 Å². The Morgan fingerprint density at radius 2 is 2.19 bits per heavy atom. The SMILES string of the molecule is C=C(c1ocnc1C)N1CC2CNCC2C1. The van der Waals surface area contributed by atoms with Gasteiger partial charge >= 0.3 is 0 Å². The fraction of sp³-hybridized carbons (Fsp3) is 0.583. The van der Waals surface area contributed by atoms with Crippen molar-refractivity contribution in [3.63, 3.8) is 0 Å². The Balaban J connectivity index is 1.75. The summed E-state index contributed by atoms with van der Waals surface area (Å²) in [5.41, 5.74) is 1.92. The Hall–Kier alpha value is -1.29. The van der Waals surface area contributed by atoms with E-state index in [9.17, 15) is 0 Å². The minimum atomic E-state index is 0.778. The summed E-state index contributed by atoms with van der Waals surface area (Å²) < 4.78 is 5.39. The molecular formula is C12H17N3O. The van der Waals surface area contributed by atoms with Crippen molar-refractivity contribution in [3.8, 4) is 0 Å². The van der Waals surface area contributed by atoms with Crippen LogP contribution in [-0.4, -0.2) is 36.1 Å². The standard InChI is InChI=1S/C12H17N3O/c1-8-12(16-7-14-8)9(2)15-5-10-3-13-4-11(10)6-15/h7,10-11,13H,2-6H2,1H3. The molecule has 0 radical (unpaired) electrons. The topological polar surface area (TPSA) is 41.3 Å². The van der Waals surface area contributed by atoms with Gasteiger partial charge in [-0.05, 0) is 18.8 Å². The number of oxazole rings is 1. The number of rotatable bonds is 2. The maximum Gasteiger partial charge on any atom is 0.181 e. The highest BCUT2D eigenvalue weighted by Gasteiger charge is 2.37. The molecule has 1 N–H and O–H groups in total. The van der Waals surface area contributed by atoms with Crippen LogP contribution in [0.5, 0.6) is 0 Å². The first-order valence-corrected chi connectivity index (χ1v) is 5.80. The van der Waals surface area contributed by atoms with Crippen LogP contribution in [0.25, 0.3) is 5.70 Å². The fourth-order valence-corrected chi connectivity index (χ4v) is 2.80. The molecule has 2 unspecified atom stereocenters. The van der Waals surface area contributed by atoms with Gasteiger partial charge in [-0.25, -0.2) is 4.98 Å². The minimum absolute atomic E-state index is 0.778. The lowest BCUT2D eigenvalue weighted by Crippen LogP contribution is -2.24. The minimum Gasteiger partial charge on any atom is -0.442 e. The second kappa shape index (κ2) is 3.63. The van der Waals surface area contributed by atoms with E-state index in [1.54, 1.807) is 0 Å². The molecule has 3 rings (SSSR count). The van der Waals surface area contributed by atoms with Gasteiger partial charge in [0.1, 0.15) is 0 Å². The van der Waals surface area contributed by atoms with Crippen molar-refractivity contribution in [2.45, 2.75) is 6.92 Å². The van der Waals surface area contributed by atoms with Gasteiger partial charge in [0.05, 0.1) is 11.4 Å². The number of hydrogen-bond donors (Lipinski definition) is 1. The number of nitrogens with zero attached hydrogens (tertiary/aromatic N) is 2. The summed E-state index contributed by atoms with van der Waals surface area (Å²) in [6.07, 6.45) is 1.49. The molecule has 2 saturated heterocycles. The molecule has 16 heavy (non-hydrogen) atoms. The van der Waals surface area contributed by atoms with E-state index in [0.29, 0.717) is 0 Å². The maximum atomic E-state index is 5.39. The zero-order valence-corrected chi connectivity index (χ0v) is 9.57. The molecule has 0 amide bonds. The number of likely N-dealkylation sites (tertiary alicyclic amines) is 1. The predicted octanol–water partition coefficient (Wildman–Crippen LogP) is 1.10. The van der Waals surface area contributed by atoms with Crippen LogP contribution in [0.3, 0.4) is 0 Å². The first-order valence-electron chi connectivity index (χ1n) is 5.80. The summed E-state index contributed by atoms with van der Waals surface area (Å²) in [5, 5.41) is 3.44. The van der Waals surface area contributed by atoms with Crippen molar-refractivity contribution in [2.75, 3.05) is 26.2 Å². The summed E-state index contributed by atoms with van der Waals surface area (Å²) in [5.74, 6) is 2.40. The lowest BCUT2D eigenvalue weighted by Gasteiger charge is -2.20. The average molecular weight is 219 g/mol. The van der Waals surface area contributed by atoms with Crippen molar-refractivity contribution in [2.24, 2.45) is 11.8 Å². The molecule has 0 aliphatic carbocycles. The summed E-state index contributed by atoms with van der Waals surface area (Å²) in [4.78, 5) is 6.45. The normalized spacial score (nSPS) is 28.4. The molecule has 0 bridgehead atoms. The molecular weight excluding hydrogens is 202 g/mol. The predicted molar refractivity (Wildman–Crippen MR) is 61.7 cm³/mol. The Morgan fingerprint density at radius 1 is 1.50 bits per heavy atom. The van der Waals surface area contributed by atoms with Gasteiger partial charge in [0.25, 0.3) is 0 Å². The Kier molecular flexibility index (Phi) is 2.24. The van der Waals surface area contributed by atoms with Crippen LogP contribution >= 0.6 is 0 Å². The van der Waals surface area contributed by atoms with E-state index in [4.69, 9.17) is 4.42 Å². The van der Waals surface area contributed by atoms with Crippen LogP contribution in [0.1, 0.15) is 11.5 Å². The largest absolute Gasteiger partial charge is 0.442 e. The molecule has 1 aromatic heterocycles. The third kappa shape index (κ3) is 1.45. The zero-order valence-electron chi connectivity index (χ0n) is 9.57. The molecule has 3 heterocycles. The number of fused-ring (bicyclic) bond motifs is 1. The molecule has 4 heteroatoms. The van der Waals surface area contributed by atoms with Crippen LogP contribution in [0.15, 0.2) is 17.4 Å². The first kappa shape index (κ1) is 9.90. The Morgan fingerprint density at radius 3 is 2.75 bits per heavy atom. The average Bonchev–Trinajstić information content (AvgIpc) is 2.89. The molecule has 2 aliphatic heterocycles. The highest BCUT2D eigenvalue weighted by molar-refractivity contribution is 5.59. The second-order valence-electron chi connectivity index (χ2n) is 4.80. The molecule has 0 saturated carbocycles. The van der Waals surface area contributed by atoms with Gasteiger partial charge in [-0.1, -0.05) is 6.58 Å². The molecule has 86 valence electrons. The number of nitrogens with one attached hydrogen (secondary N) is 1. The van der Waals surface area contributed by atoms with E-state index in [2.05, 4.69) is 21.8 Å². The summed E-state index contributed by atoms with van der Waals surface area (Å²) >= 11 is 0. The van der Waals surface area contributed by atoms with Gasteiger partial charge < -0.3 is 14.6 Å². The van der Waals surface area contributed by atoms with Crippen molar-refractivity contribution in [3.05, 3.63) is 24.4 Å². The number of hydrogen-bond acceptors (Lipinski definition) is 4. The first-order chi connectivity index (χ1) is 7.75. The third-order valence-corrected chi connectivity index (χ3v) is 3.78. The summed E-state index contributed by atoms with van der Waals surface area (Å²) in [6, 6.07) is 0. The lowest BCUT2D eigenvalue weighted by atomic mass is 10.0. The van der Waals surface area contributed by atoms with Gasteiger partial charge in [0, 0.05) is 26.2 Å². The Labute approximate surface area is 95.3 Å². The summed E-state index contributed by atoms with van der Waals surface area (Å²) in [6.45, 7) is 10.6. The molecule has 2 fully saturated rings. The van der Waals surface area contributed by atoms with E-state index < -0.39 is 0 Å². The number of aromatic nitrogens is 1. The van der Waals surface area contributed by atoms with Crippen LogP contribution in [0.4, 0.5) is 0 Å². The van der Waals surface area contributed by atoms with E-state index in [1.165, 1.54) is 6.39 Å². The van der Waals surface area contributed by atoms with Crippen LogP contribution in [0.2, 0.25) is 0 Å². The van der Waals surface area contributed by atoms with Crippen molar-refractivity contribution < 1.29 is 4.42 Å². The van der Waals surface area contributed by atoms with Crippen LogP contribution in [0, 0.1) is 18.8 Å². The molecule has 2 aliphatic rings. The van der Waals surface area contributed by atoms with Gasteiger partial charge in [-0.3, -0.25) is 0 Å². The number of aryl methyl sites for hydroxylation is 1. The molecule has 4 nitrogen and oxygen atoms in total. The molecule has 0 spiro atoms. The van der Waals surface area contributed by atoms with Gasteiger partial charge in [0.2, 0.25) is 0 Å².